The van der Waals surface area contributed by atoms with Crippen LogP contribution in [0.5, 0.6) is 0 Å². The number of ketones is 1. The van der Waals surface area contributed by atoms with Gasteiger partial charge >= 0.3 is 5.97 Å². The Labute approximate surface area is 195 Å². The summed E-state index contributed by atoms with van der Waals surface area (Å²) in [7, 11) is 0. The number of likely N-dealkylation sites (tertiary alicyclic amines) is 1. The van der Waals surface area contributed by atoms with Crippen molar-refractivity contribution < 1.29 is 19.1 Å². The van der Waals surface area contributed by atoms with Gasteiger partial charge in [-0.3, -0.25) is 14.5 Å². The molecule has 0 spiro atoms. The summed E-state index contributed by atoms with van der Waals surface area (Å²) < 4.78 is 17.2. The minimum atomic E-state index is -1.33. The number of anilines is 1. The Morgan fingerprint density at radius 1 is 1.24 bits per heavy atom. The number of pyridine rings is 1. The number of Topliss-reactive ketones (excluding diaryl/α,β-unsaturated/α-hetero) is 1. The van der Waals surface area contributed by atoms with Gasteiger partial charge in [0.1, 0.15) is 17.2 Å². The molecule has 7 nitrogen and oxygen atoms in total. The van der Waals surface area contributed by atoms with E-state index in [9.17, 15) is 19.5 Å². The molecule has 0 unspecified atom stereocenters. The molecule has 0 radical (unpaired) electrons. The third-order valence-corrected chi connectivity index (χ3v) is 7.68. The van der Waals surface area contributed by atoms with Crippen LogP contribution in [0.1, 0.15) is 55.4 Å². The van der Waals surface area contributed by atoms with E-state index in [1.165, 1.54) is 6.20 Å². The van der Waals surface area contributed by atoms with Gasteiger partial charge in [-0.15, -0.1) is 0 Å². The number of hydrogen-bond acceptors (Lipinski definition) is 5. The number of hydrogen-bond donors (Lipinski definition) is 1. The molecule has 176 valence electrons. The van der Waals surface area contributed by atoms with Gasteiger partial charge in [-0.1, -0.05) is 11.6 Å². The smallest absolute Gasteiger partial charge is 0.341 e. The first-order valence-corrected chi connectivity index (χ1v) is 11.9. The second-order valence-electron chi connectivity index (χ2n) is 9.60. The summed E-state index contributed by atoms with van der Waals surface area (Å²) in [5.41, 5.74) is -0.394. The first-order valence-electron chi connectivity index (χ1n) is 11.5. The van der Waals surface area contributed by atoms with Crippen LogP contribution in [0.25, 0.3) is 10.9 Å². The molecular weight excluding hydrogens is 449 g/mol. The lowest BCUT2D eigenvalue weighted by atomic mass is 9.92. The molecule has 3 aliphatic rings. The van der Waals surface area contributed by atoms with Crippen LogP contribution in [0.2, 0.25) is 5.02 Å². The summed E-state index contributed by atoms with van der Waals surface area (Å²) >= 11 is 6.80. The fourth-order valence-corrected chi connectivity index (χ4v) is 5.96. The van der Waals surface area contributed by atoms with Gasteiger partial charge in [0, 0.05) is 44.3 Å². The second-order valence-corrected chi connectivity index (χ2v) is 9.97. The number of fused-ring (bicyclic) bond motifs is 2. The highest BCUT2D eigenvalue weighted by atomic mass is 35.5. The summed E-state index contributed by atoms with van der Waals surface area (Å²) in [6.45, 7) is 4.49. The van der Waals surface area contributed by atoms with Crippen molar-refractivity contribution in [2.45, 2.75) is 51.1 Å². The number of aromatic carboxylic acids is 1. The zero-order valence-corrected chi connectivity index (χ0v) is 19.3. The van der Waals surface area contributed by atoms with E-state index < -0.39 is 17.2 Å². The molecule has 1 aromatic heterocycles. The van der Waals surface area contributed by atoms with Crippen LogP contribution in [0, 0.1) is 11.7 Å². The zero-order valence-electron chi connectivity index (χ0n) is 18.5. The van der Waals surface area contributed by atoms with Crippen molar-refractivity contribution in [3.63, 3.8) is 0 Å². The van der Waals surface area contributed by atoms with Crippen LogP contribution in [-0.4, -0.2) is 58.5 Å². The molecule has 9 heteroatoms. The van der Waals surface area contributed by atoms with Crippen molar-refractivity contribution in [2.75, 3.05) is 31.1 Å². The van der Waals surface area contributed by atoms with Crippen LogP contribution >= 0.6 is 11.6 Å². The highest BCUT2D eigenvalue weighted by Crippen LogP contribution is 2.44. The molecule has 1 N–H and O–H groups in total. The summed E-state index contributed by atoms with van der Waals surface area (Å²) in [5.74, 6) is -1.42. The largest absolute Gasteiger partial charge is 0.477 e. The second kappa shape index (κ2) is 8.40. The van der Waals surface area contributed by atoms with Gasteiger partial charge in [0.15, 0.2) is 0 Å². The maximum Gasteiger partial charge on any atom is 0.341 e. The third-order valence-electron chi connectivity index (χ3n) is 7.32. The quantitative estimate of drug-likeness (QED) is 0.685. The van der Waals surface area contributed by atoms with Crippen LogP contribution in [0.4, 0.5) is 10.1 Å². The van der Waals surface area contributed by atoms with E-state index in [0.29, 0.717) is 37.5 Å². The molecule has 1 saturated carbocycles. The predicted octanol–water partition coefficient (Wildman–Crippen LogP) is 3.71. The summed E-state index contributed by atoms with van der Waals surface area (Å²) in [4.78, 5) is 40.2. The van der Waals surface area contributed by atoms with Crippen molar-refractivity contribution in [1.29, 1.82) is 0 Å². The van der Waals surface area contributed by atoms with Crippen molar-refractivity contribution in [2.24, 2.45) is 5.92 Å². The average molecular weight is 476 g/mol. The van der Waals surface area contributed by atoms with Gasteiger partial charge in [-0.05, 0) is 51.1 Å². The van der Waals surface area contributed by atoms with E-state index >= 15 is 4.39 Å². The molecule has 3 heterocycles. The Kier molecular flexibility index (Phi) is 5.69. The Morgan fingerprint density at radius 3 is 2.67 bits per heavy atom. The summed E-state index contributed by atoms with van der Waals surface area (Å²) in [6, 6.07) is 1.44. The monoisotopic (exact) mass is 475 g/mol. The Balaban J connectivity index is 1.56. The van der Waals surface area contributed by atoms with E-state index in [1.807, 2.05) is 4.90 Å². The number of benzene rings is 1. The molecule has 0 bridgehead atoms. The number of halogens is 2. The minimum Gasteiger partial charge on any atom is -0.477 e. The Hall–Kier alpha value is -2.45. The lowest BCUT2D eigenvalue weighted by molar-refractivity contribution is -0.117. The maximum atomic E-state index is 15.4. The van der Waals surface area contributed by atoms with Crippen LogP contribution in [0.15, 0.2) is 17.1 Å². The van der Waals surface area contributed by atoms with Gasteiger partial charge in [0.2, 0.25) is 5.43 Å². The number of aromatic nitrogens is 1. The summed E-state index contributed by atoms with van der Waals surface area (Å²) in [5, 5.41) is 9.64. The first kappa shape index (κ1) is 22.3. The van der Waals surface area contributed by atoms with Crippen molar-refractivity contribution in [1.82, 2.24) is 9.47 Å². The Bertz CT molecular complexity index is 1210. The normalized spacial score (nSPS) is 23.2. The number of carboxylic acid groups (broad SMARTS) is 1. The highest BCUT2D eigenvalue weighted by molar-refractivity contribution is 6.38. The predicted molar refractivity (Wildman–Crippen MR) is 124 cm³/mol. The molecule has 3 fully saturated rings. The van der Waals surface area contributed by atoms with E-state index in [2.05, 4.69) is 4.90 Å². The fourth-order valence-electron chi connectivity index (χ4n) is 5.55. The number of carbonyl (C=O) groups is 2. The van der Waals surface area contributed by atoms with Crippen molar-refractivity contribution in [3.05, 3.63) is 38.9 Å². The molecular formula is C24H27ClFN3O4. The van der Waals surface area contributed by atoms with E-state index in [1.54, 1.807) is 11.5 Å². The molecule has 2 atom stereocenters. The first-order chi connectivity index (χ1) is 15.8. The van der Waals surface area contributed by atoms with Gasteiger partial charge in [0.05, 0.1) is 21.6 Å². The third kappa shape index (κ3) is 3.93. The highest BCUT2D eigenvalue weighted by Gasteiger charge is 2.41. The molecule has 33 heavy (non-hydrogen) atoms. The minimum absolute atomic E-state index is 0.00717. The lowest BCUT2D eigenvalue weighted by Crippen LogP contribution is -2.45. The van der Waals surface area contributed by atoms with Gasteiger partial charge in [-0.2, -0.15) is 0 Å². The number of carboxylic acids is 1. The van der Waals surface area contributed by atoms with Crippen LogP contribution in [0.3, 0.4) is 0 Å². The SMILES string of the molecule is CC(=O)CCN1CCC[C@H]2CN(c3c(F)cc4c(=O)c(C(=O)O)cn(C5CC5)c4c3Cl)C[C@H]21. The molecule has 2 aromatic rings. The van der Waals surface area contributed by atoms with E-state index in [0.717, 1.165) is 38.3 Å². The molecule has 1 aromatic carbocycles. The van der Waals surface area contributed by atoms with E-state index in [4.69, 9.17) is 11.6 Å². The van der Waals surface area contributed by atoms with E-state index in [-0.39, 0.29) is 39.5 Å². The fraction of sp³-hybridized carbons (Fsp3) is 0.542. The zero-order chi connectivity index (χ0) is 23.4. The Morgan fingerprint density at radius 2 is 2.00 bits per heavy atom. The molecule has 5 rings (SSSR count). The average Bonchev–Trinajstić information content (AvgIpc) is 3.51. The lowest BCUT2D eigenvalue weighted by Gasteiger charge is -2.36. The van der Waals surface area contributed by atoms with Crippen molar-refractivity contribution in [3.8, 4) is 0 Å². The van der Waals surface area contributed by atoms with Gasteiger partial charge in [0.25, 0.3) is 0 Å². The molecule has 2 saturated heterocycles. The standard InChI is InChI=1S/C24H27ClFN3O4/c1-13(30)6-8-27-7-2-3-14-10-28(12-19(14)27)22-18(26)9-16-21(20(22)25)29(15-4-5-15)11-17(23(16)31)24(32)33/h9,11,14-15,19H,2-8,10,12H2,1H3,(H,32,33)/t14-,19+/m0/s1. The topological polar surface area (TPSA) is 82.8 Å². The van der Waals surface area contributed by atoms with Gasteiger partial charge in [-0.25, -0.2) is 9.18 Å². The number of nitrogens with zero attached hydrogens (tertiary/aromatic N) is 3. The number of piperidine rings is 1. The van der Waals surface area contributed by atoms with Crippen LogP contribution < -0.4 is 10.3 Å². The summed E-state index contributed by atoms with van der Waals surface area (Å²) in [6.07, 6.45) is 5.66. The number of rotatable bonds is 6. The van der Waals surface area contributed by atoms with Gasteiger partial charge < -0.3 is 14.6 Å². The van der Waals surface area contributed by atoms with Crippen molar-refractivity contribution >= 4 is 39.9 Å². The molecule has 0 amide bonds. The maximum absolute atomic E-state index is 15.4. The molecule has 2 aliphatic heterocycles. The number of carbonyl (C=O) groups excluding carboxylic acids is 1. The van der Waals surface area contributed by atoms with Crippen LogP contribution in [-0.2, 0) is 4.79 Å². The molecule has 1 aliphatic carbocycles.